The van der Waals surface area contributed by atoms with Crippen molar-refractivity contribution in [2.45, 2.75) is 19.3 Å². The minimum atomic E-state index is -0.365. The summed E-state index contributed by atoms with van der Waals surface area (Å²) in [6, 6.07) is 17.2. The van der Waals surface area contributed by atoms with Crippen LogP contribution >= 0.6 is 11.6 Å². The molecule has 0 spiro atoms. The standard InChI is InChI=1S/C23H19ClN4O4/c24-16-11-9-15(10-12-16)22-27-21(32-28-22)8-2-7-20(29)25-17-4-1-5-18(14-17)26-23(30)19-6-3-13-31-19/h1,3-6,9-14H,2,7-8H2,(H,25,29)(H,26,30). The number of nitrogens with zero attached hydrogens (tertiary/aromatic N) is 2. The van der Waals surface area contributed by atoms with Gasteiger partial charge < -0.3 is 19.6 Å². The third-order valence-corrected chi connectivity index (χ3v) is 4.77. The molecule has 0 aliphatic carbocycles. The van der Waals surface area contributed by atoms with E-state index in [0.29, 0.717) is 41.0 Å². The van der Waals surface area contributed by atoms with E-state index in [4.69, 9.17) is 20.5 Å². The number of benzene rings is 2. The van der Waals surface area contributed by atoms with Crippen molar-refractivity contribution in [1.82, 2.24) is 10.1 Å². The zero-order valence-electron chi connectivity index (χ0n) is 16.9. The summed E-state index contributed by atoms with van der Waals surface area (Å²) in [4.78, 5) is 28.7. The van der Waals surface area contributed by atoms with E-state index in [9.17, 15) is 9.59 Å². The molecule has 0 saturated carbocycles. The second-order valence-corrected chi connectivity index (χ2v) is 7.37. The number of hydrogen-bond donors (Lipinski definition) is 2. The first-order valence-corrected chi connectivity index (χ1v) is 10.3. The molecule has 9 heteroatoms. The number of nitrogens with one attached hydrogen (secondary N) is 2. The predicted molar refractivity (Wildman–Crippen MR) is 119 cm³/mol. The van der Waals surface area contributed by atoms with Gasteiger partial charge >= 0.3 is 0 Å². The molecule has 2 aromatic carbocycles. The van der Waals surface area contributed by atoms with E-state index in [-0.39, 0.29) is 24.0 Å². The van der Waals surface area contributed by atoms with Crippen molar-refractivity contribution in [2.75, 3.05) is 10.6 Å². The summed E-state index contributed by atoms with van der Waals surface area (Å²) in [7, 11) is 0. The van der Waals surface area contributed by atoms with Crippen molar-refractivity contribution in [1.29, 1.82) is 0 Å². The molecule has 0 bridgehead atoms. The van der Waals surface area contributed by atoms with Crippen molar-refractivity contribution in [3.63, 3.8) is 0 Å². The first-order valence-electron chi connectivity index (χ1n) is 9.90. The fourth-order valence-electron chi connectivity index (χ4n) is 2.97. The van der Waals surface area contributed by atoms with Crippen LogP contribution in [0.25, 0.3) is 11.4 Å². The average Bonchev–Trinajstić information content (AvgIpc) is 3.47. The lowest BCUT2D eigenvalue weighted by Gasteiger charge is -2.08. The summed E-state index contributed by atoms with van der Waals surface area (Å²) >= 11 is 5.89. The summed E-state index contributed by atoms with van der Waals surface area (Å²) in [6.07, 6.45) is 2.73. The Labute approximate surface area is 188 Å². The predicted octanol–water partition coefficient (Wildman–Crippen LogP) is 5.20. The highest BCUT2D eigenvalue weighted by molar-refractivity contribution is 6.30. The molecule has 0 atom stereocenters. The van der Waals surface area contributed by atoms with Gasteiger partial charge in [0.2, 0.25) is 17.6 Å². The Bertz CT molecular complexity index is 1200. The molecule has 4 rings (SSSR count). The van der Waals surface area contributed by atoms with Crippen LogP contribution < -0.4 is 10.6 Å². The second kappa shape index (κ2) is 9.93. The number of furan rings is 1. The molecule has 2 N–H and O–H groups in total. The van der Waals surface area contributed by atoms with Crippen LogP contribution in [0.1, 0.15) is 29.3 Å². The number of anilines is 2. The first-order chi connectivity index (χ1) is 15.6. The van der Waals surface area contributed by atoms with Gasteiger partial charge in [-0.1, -0.05) is 22.8 Å². The first kappa shape index (κ1) is 21.3. The van der Waals surface area contributed by atoms with E-state index in [1.54, 1.807) is 48.5 Å². The fraction of sp³-hybridized carbons (Fsp3) is 0.130. The molecule has 2 heterocycles. The van der Waals surface area contributed by atoms with Gasteiger partial charge in [-0.15, -0.1) is 0 Å². The molecule has 0 fully saturated rings. The molecule has 0 saturated heterocycles. The summed E-state index contributed by atoms with van der Waals surface area (Å²) in [6.45, 7) is 0. The quantitative estimate of drug-likeness (QED) is 0.382. The summed E-state index contributed by atoms with van der Waals surface area (Å²) in [5, 5.41) is 10.1. The SMILES string of the molecule is O=C(CCCc1nc(-c2ccc(Cl)cc2)no1)Nc1cccc(NC(=O)c2ccco2)c1. The highest BCUT2D eigenvalue weighted by Gasteiger charge is 2.11. The molecule has 2 amide bonds. The number of aryl methyl sites for hydroxylation is 1. The lowest BCUT2D eigenvalue weighted by molar-refractivity contribution is -0.116. The summed E-state index contributed by atoms with van der Waals surface area (Å²) in [5.41, 5.74) is 1.93. The van der Waals surface area contributed by atoms with Crippen LogP contribution in [-0.2, 0) is 11.2 Å². The number of hydrogen-bond acceptors (Lipinski definition) is 6. The Morgan fingerprint density at radius 3 is 2.50 bits per heavy atom. The Hall–Kier alpha value is -3.91. The van der Waals surface area contributed by atoms with E-state index in [1.165, 1.54) is 6.26 Å². The molecule has 32 heavy (non-hydrogen) atoms. The van der Waals surface area contributed by atoms with Gasteiger partial charge in [-0.25, -0.2) is 0 Å². The number of carbonyl (C=O) groups is 2. The van der Waals surface area contributed by atoms with Crippen LogP contribution in [0, 0.1) is 0 Å². The van der Waals surface area contributed by atoms with E-state index >= 15 is 0 Å². The highest BCUT2D eigenvalue weighted by Crippen LogP contribution is 2.20. The minimum absolute atomic E-state index is 0.156. The Morgan fingerprint density at radius 1 is 0.969 bits per heavy atom. The van der Waals surface area contributed by atoms with Gasteiger partial charge in [-0.05, 0) is 61.0 Å². The third kappa shape index (κ3) is 5.61. The van der Waals surface area contributed by atoms with Gasteiger partial charge in [-0.3, -0.25) is 9.59 Å². The Kier molecular flexibility index (Phi) is 6.62. The maximum Gasteiger partial charge on any atom is 0.291 e. The van der Waals surface area contributed by atoms with Crippen LogP contribution in [0.2, 0.25) is 5.02 Å². The molecule has 0 radical (unpaired) electrons. The van der Waals surface area contributed by atoms with Crippen molar-refractivity contribution in [3.05, 3.63) is 83.6 Å². The van der Waals surface area contributed by atoms with Gasteiger partial charge in [0.25, 0.3) is 5.91 Å². The maximum atomic E-state index is 12.3. The number of rotatable bonds is 8. The number of halogens is 1. The van der Waals surface area contributed by atoms with Crippen LogP contribution in [0.5, 0.6) is 0 Å². The molecular formula is C23H19ClN4O4. The van der Waals surface area contributed by atoms with E-state index in [2.05, 4.69) is 20.8 Å². The monoisotopic (exact) mass is 450 g/mol. The Balaban J connectivity index is 1.25. The molecule has 8 nitrogen and oxygen atoms in total. The van der Waals surface area contributed by atoms with Crippen molar-refractivity contribution in [3.8, 4) is 11.4 Å². The molecule has 4 aromatic rings. The normalized spacial score (nSPS) is 10.7. The Morgan fingerprint density at radius 2 is 1.75 bits per heavy atom. The maximum absolute atomic E-state index is 12.3. The van der Waals surface area contributed by atoms with Crippen LogP contribution in [0.15, 0.2) is 75.9 Å². The topological polar surface area (TPSA) is 110 Å². The van der Waals surface area contributed by atoms with Crippen LogP contribution in [0.4, 0.5) is 11.4 Å². The van der Waals surface area contributed by atoms with Crippen LogP contribution in [0.3, 0.4) is 0 Å². The lowest BCUT2D eigenvalue weighted by atomic mass is 10.2. The smallest absolute Gasteiger partial charge is 0.291 e. The van der Waals surface area contributed by atoms with E-state index in [0.717, 1.165) is 5.56 Å². The molecule has 0 unspecified atom stereocenters. The number of amides is 2. The minimum Gasteiger partial charge on any atom is -0.459 e. The summed E-state index contributed by atoms with van der Waals surface area (Å²) in [5.74, 6) is 0.632. The molecule has 0 aliphatic heterocycles. The second-order valence-electron chi connectivity index (χ2n) is 6.93. The highest BCUT2D eigenvalue weighted by atomic mass is 35.5. The third-order valence-electron chi connectivity index (χ3n) is 4.51. The van der Waals surface area contributed by atoms with Crippen molar-refractivity contribution >= 4 is 34.8 Å². The van der Waals surface area contributed by atoms with E-state index in [1.807, 2.05) is 12.1 Å². The van der Waals surface area contributed by atoms with Gasteiger partial charge in [0.15, 0.2) is 5.76 Å². The molecule has 0 aliphatic rings. The van der Waals surface area contributed by atoms with Crippen molar-refractivity contribution in [2.24, 2.45) is 0 Å². The molecular weight excluding hydrogens is 432 g/mol. The average molecular weight is 451 g/mol. The number of aromatic nitrogens is 2. The summed E-state index contributed by atoms with van der Waals surface area (Å²) < 4.78 is 10.3. The number of carbonyl (C=O) groups excluding carboxylic acids is 2. The van der Waals surface area contributed by atoms with Crippen molar-refractivity contribution < 1.29 is 18.5 Å². The molecule has 2 aromatic heterocycles. The van der Waals surface area contributed by atoms with Gasteiger partial charge in [-0.2, -0.15) is 4.98 Å². The van der Waals surface area contributed by atoms with Crippen LogP contribution in [-0.4, -0.2) is 22.0 Å². The van der Waals surface area contributed by atoms with Gasteiger partial charge in [0, 0.05) is 34.8 Å². The zero-order valence-corrected chi connectivity index (χ0v) is 17.6. The lowest BCUT2D eigenvalue weighted by Crippen LogP contribution is -2.13. The zero-order chi connectivity index (χ0) is 22.3. The largest absolute Gasteiger partial charge is 0.459 e. The van der Waals surface area contributed by atoms with Gasteiger partial charge in [0.1, 0.15) is 0 Å². The van der Waals surface area contributed by atoms with E-state index < -0.39 is 0 Å². The fourth-order valence-corrected chi connectivity index (χ4v) is 3.10. The molecule has 162 valence electrons. The van der Waals surface area contributed by atoms with Gasteiger partial charge in [0.05, 0.1) is 6.26 Å².